The van der Waals surface area contributed by atoms with E-state index in [1.54, 1.807) is 23.8 Å². The van der Waals surface area contributed by atoms with E-state index in [4.69, 9.17) is 4.74 Å². The van der Waals surface area contributed by atoms with Crippen LogP contribution in [0.3, 0.4) is 0 Å². The molecule has 0 aliphatic carbocycles. The molecule has 2 aromatic carbocycles. The summed E-state index contributed by atoms with van der Waals surface area (Å²) in [6, 6.07) is 13.6. The van der Waals surface area contributed by atoms with Gasteiger partial charge in [0.15, 0.2) is 0 Å². The summed E-state index contributed by atoms with van der Waals surface area (Å²) in [4.78, 5) is 41.7. The lowest BCUT2D eigenvalue weighted by Crippen LogP contribution is -2.57. The Morgan fingerprint density at radius 1 is 1.14 bits per heavy atom. The average Bonchev–Trinajstić information content (AvgIpc) is 3.25. The summed E-state index contributed by atoms with van der Waals surface area (Å²) < 4.78 is 4.75. The van der Waals surface area contributed by atoms with Crippen LogP contribution in [0.15, 0.2) is 48.5 Å². The predicted molar refractivity (Wildman–Crippen MR) is 137 cm³/mol. The normalized spacial score (nSPS) is 20.9. The Labute approximate surface area is 211 Å². The molecule has 35 heavy (non-hydrogen) atoms. The third kappa shape index (κ3) is 5.03. The second-order valence-corrected chi connectivity index (χ2v) is 11.8. The Morgan fingerprint density at radius 2 is 1.89 bits per heavy atom. The zero-order valence-electron chi connectivity index (χ0n) is 20.8. The maximum atomic E-state index is 13.6. The highest BCUT2D eigenvalue weighted by atomic mass is 32.2. The summed E-state index contributed by atoms with van der Waals surface area (Å²) in [5.74, 6) is 0.237. The van der Waals surface area contributed by atoms with Crippen LogP contribution >= 0.6 is 11.8 Å². The van der Waals surface area contributed by atoms with Crippen LogP contribution in [0.4, 0.5) is 0 Å². The zero-order chi connectivity index (χ0) is 25.3. The van der Waals surface area contributed by atoms with Gasteiger partial charge in [-0.05, 0) is 55.5 Å². The molecule has 7 nitrogen and oxygen atoms in total. The smallest absolute Gasteiger partial charge is 0.256 e. The second-order valence-electron chi connectivity index (χ2n) is 10.0. The Balaban J connectivity index is 1.50. The fourth-order valence-corrected chi connectivity index (χ4v) is 6.44. The fourth-order valence-electron chi connectivity index (χ4n) is 4.85. The molecule has 2 N–H and O–H groups in total. The minimum absolute atomic E-state index is 0.133. The number of rotatable bonds is 8. The maximum absolute atomic E-state index is 13.6. The Bertz CT molecular complexity index is 1130. The lowest BCUT2D eigenvalue weighted by molar-refractivity contribution is -0.132. The number of methoxy groups -OCH3 is 1. The lowest BCUT2D eigenvalue weighted by Gasteiger charge is -2.31. The van der Waals surface area contributed by atoms with Gasteiger partial charge in [-0.25, -0.2) is 0 Å². The Hall–Kier alpha value is -3.00. The van der Waals surface area contributed by atoms with E-state index in [9.17, 15) is 14.4 Å². The van der Waals surface area contributed by atoms with Crippen molar-refractivity contribution in [3.05, 3.63) is 65.2 Å². The van der Waals surface area contributed by atoms with Crippen LogP contribution in [0, 0.1) is 5.92 Å². The number of fused-ring (bicyclic) bond motifs is 3. The molecule has 8 heteroatoms. The molecule has 0 saturated carbocycles. The van der Waals surface area contributed by atoms with Crippen molar-refractivity contribution >= 4 is 29.5 Å². The first-order valence-corrected chi connectivity index (χ1v) is 12.8. The van der Waals surface area contributed by atoms with Crippen molar-refractivity contribution in [3.63, 3.8) is 0 Å². The first kappa shape index (κ1) is 25.1. The lowest BCUT2D eigenvalue weighted by atomic mass is 9.98. The third-order valence-corrected chi connectivity index (χ3v) is 8.02. The van der Waals surface area contributed by atoms with E-state index in [0.29, 0.717) is 18.5 Å². The molecule has 0 radical (unpaired) electrons. The average molecular weight is 496 g/mol. The van der Waals surface area contributed by atoms with Crippen molar-refractivity contribution in [2.75, 3.05) is 7.11 Å². The van der Waals surface area contributed by atoms with Crippen LogP contribution in [0.5, 0.6) is 5.75 Å². The van der Waals surface area contributed by atoms with Gasteiger partial charge in [0.1, 0.15) is 23.2 Å². The van der Waals surface area contributed by atoms with E-state index in [-0.39, 0.29) is 29.0 Å². The highest BCUT2D eigenvalue weighted by Gasteiger charge is 2.57. The van der Waals surface area contributed by atoms with Crippen molar-refractivity contribution < 1.29 is 19.1 Å². The minimum atomic E-state index is -0.701. The summed E-state index contributed by atoms with van der Waals surface area (Å²) in [6.45, 7) is 8.32. The summed E-state index contributed by atoms with van der Waals surface area (Å²) in [5.41, 5.74) is 2.50. The van der Waals surface area contributed by atoms with Gasteiger partial charge in [0.25, 0.3) is 5.91 Å². The number of hydrogen-bond acceptors (Lipinski definition) is 5. The molecule has 2 aliphatic heterocycles. The van der Waals surface area contributed by atoms with E-state index < -0.39 is 16.8 Å². The molecule has 0 bridgehead atoms. The van der Waals surface area contributed by atoms with Crippen molar-refractivity contribution in [1.29, 1.82) is 0 Å². The van der Waals surface area contributed by atoms with Gasteiger partial charge in [-0.2, -0.15) is 0 Å². The van der Waals surface area contributed by atoms with Crippen molar-refractivity contribution in [2.24, 2.45) is 5.92 Å². The van der Waals surface area contributed by atoms with Crippen LogP contribution in [0.25, 0.3) is 0 Å². The number of carbonyl (C=O) groups is 3. The molecule has 1 saturated heterocycles. The molecule has 3 atom stereocenters. The van der Waals surface area contributed by atoms with Crippen LogP contribution in [-0.2, 0) is 16.1 Å². The number of benzene rings is 2. The highest BCUT2D eigenvalue weighted by molar-refractivity contribution is 8.01. The van der Waals surface area contributed by atoms with E-state index >= 15 is 0 Å². The molecule has 1 fully saturated rings. The second kappa shape index (κ2) is 9.93. The molecule has 0 aromatic heterocycles. The fraction of sp³-hybridized carbons (Fsp3) is 0.444. The molecular formula is C27H33N3O4S. The monoisotopic (exact) mass is 495 g/mol. The maximum Gasteiger partial charge on any atom is 0.256 e. The topological polar surface area (TPSA) is 87.7 Å². The van der Waals surface area contributed by atoms with Crippen molar-refractivity contribution in [2.45, 2.75) is 62.9 Å². The van der Waals surface area contributed by atoms with E-state index in [1.807, 2.05) is 76.2 Å². The first-order valence-electron chi connectivity index (χ1n) is 11.9. The summed E-state index contributed by atoms with van der Waals surface area (Å²) >= 11 is 1.61. The highest BCUT2D eigenvalue weighted by Crippen LogP contribution is 2.56. The van der Waals surface area contributed by atoms with Gasteiger partial charge in [-0.1, -0.05) is 44.2 Å². The largest absolute Gasteiger partial charge is 0.497 e. The van der Waals surface area contributed by atoms with Crippen LogP contribution in [0.1, 0.15) is 61.0 Å². The molecule has 0 unspecified atom stereocenters. The Kier molecular flexibility index (Phi) is 7.12. The summed E-state index contributed by atoms with van der Waals surface area (Å²) in [5, 5.41) is 5.73. The first-order chi connectivity index (χ1) is 16.6. The quantitative estimate of drug-likeness (QED) is 0.580. The molecular weight excluding hydrogens is 462 g/mol. The van der Waals surface area contributed by atoms with Gasteiger partial charge < -0.3 is 20.3 Å². The van der Waals surface area contributed by atoms with E-state index in [2.05, 4.69) is 10.6 Å². The van der Waals surface area contributed by atoms with Gasteiger partial charge in [0, 0.05) is 16.9 Å². The van der Waals surface area contributed by atoms with E-state index in [0.717, 1.165) is 16.9 Å². The molecule has 186 valence electrons. The molecule has 2 heterocycles. The van der Waals surface area contributed by atoms with Crippen LogP contribution in [-0.4, -0.2) is 46.6 Å². The number of nitrogens with zero attached hydrogens (tertiary/aromatic N) is 1. The molecule has 3 amide bonds. The number of ether oxygens (including phenoxy) is 1. The number of thioether (sulfide) groups is 1. The van der Waals surface area contributed by atoms with Crippen LogP contribution in [0.2, 0.25) is 0 Å². The number of hydrogen-bond donors (Lipinski definition) is 2. The van der Waals surface area contributed by atoms with E-state index in [1.165, 1.54) is 0 Å². The van der Waals surface area contributed by atoms with Gasteiger partial charge >= 0.3 is 0 Å². The molecule has 2 aromatic rings. The third-order valence-electron chi connectivity index (χ3n) is 6.49. The van der Waals surface area contributed by atoms with Crippen molar-refractivity contribution in [3.8, 4) is 5.75 Å². The zero-order valence-corrected chi connectivity index (χ0v) is 21.6. The summed E-state index contributed by atoms with van der Waals surface area (Å²) in [6.07, 6.45) is 0.494. The SMILES string of the molecule is COc1cccc(CNC(=O)[C@H](CC(C)C)NC(=O)[C@@H]2N3C(=O)c4ccccc4[C@H]3SC2(C)C)c1. The standard InChI is InChI=1S/C27H33N3O4S/c1-16(2)13-21(23(31)28-15-17-9-8-10-18(14-17)34-5)29-24(32)22-27(3,4)35-26-20-12-7-6-11-19(20)25(33)30(22)26/h6-12,14,16,21-22,26H,13,15H2,1-5H3,(H,28,31)(H,29,32)/t21-,22-,26+/m0/s1. The van der Waals surface area contributed by atoms with Gasteiger partial charge in [0.05, 0.1) is 7.11 Å². The number of amides is 3. The Morgan fingerprint density at radius 3 is 2.60 bits per heavy atom. The molecule has 4 rings (SSSR count). The van der Waals surface area contributed by atoms with Gasteiger partial charge in [-0.3, -0.25) is 14.4 Å². The van der Waals surface area contributed by atoms with Crippen LogP contribution < -0.4 is 15.4 Å². The number of carbonyl (C=O) groups excluding carboxylic acids is 3. The molecule has 0 spiro atoms. The van der Waals surface area contributed by atoms with Gasteiger partial charge in [-0.15, -0.1) is 11.8 Å². The predicted octanol–water partition coefficient (Wildman–Crippen LogP) is 3.89. The van der Waals surface area contributed by atoms with Crippen molar-refractivity contribution in [1.82, 2.24) is 15.5 Å². The molecule has 2 aliphatic rings. The number of nitrogens with one attached hydrogen (secondary N) is 2. The minimum Gasteiger partial charge on any atom is -0.497 e. The summed E-state index contributed by atoms with van der Waals surface area (Å²) in [7, 11) is 1.60. The van der Waals surface area contributed by atoms with Gasteiger partial charge in [0.2, 0.25) is 11.8 Å².